The van der Waals surface area contributed by atoms with Crippen molar-refractivity contribution in [3.05, 3.63) is 52.9 Å². The number of hydrogen-bond acceptors (Lipinski definition) is 4. The third-order valence-corrected chi connectivity index (χ3v) is 7.87. The first kappa shape index (κ1) is 19.9. The molecule has 0 bridgehead atoms. The number of piperidine rings is 1. The molecular weight excluding hydrogens is 394 g/mol. The molecule has 27 heavy (non-hydrogen) atoms. The molecule has 1 amide bonds. The molecule has 1 N–H and O–H groups in total. The largest absolute Gasteiger partial charge is 0.349 e. The van der Waals surface area contributed by atoms with Gasteiger partial charge >= 0.3 is 0 Å². The number of hydrogen-bond donors (Lipinski definition) is 1. The molecule has 9 heteroatoms. The molecule has 0 aliphatic carbocycles. The number of amides is 1. The Kier molecular flexibility index (Phi) is 5.92. The van der Waals surface area contributed by atoms with Crippen LogP contribution in [0.2, 0.25) is 0 Å². The van der Waals surface area contributed by atoms with E-state index in [9.17, 15) is 22.0 Å². The molecule has 5 nitrogen and oxygen atoms in total. The summed E-state index contributed by atoms with van der Waals surface area (Å²) in [7, 11) is -3.61. The Morgan fingerprint density at radius 2 is 2.11 bits per heavy atom. The molecule has 1 aliphatic heterocycles. The van der Waals surface area contributed by atoms with Crippen molar-refractivity contribution >= 4 is 27.3 Å². The molecule has 1 fully saturated rings. The predicted octanol–water partition coefficient (Wildman–Crippen LogP) is 3.30. The van der Waals surface area contributed by atoms with Crippen LogP contribution in [0.5, 0.6) is 0 Å². The quantitative estimate of drug-likeness (QED) is 0.816. The van der Waals surface area contributed by atoms with Crippen LogP contribution in [0.15, 0.2) is 39.9 Å². The van der Waals surface area contributed by atoms with Gasteiger partial charge in [-0.1, -0.05) is 12.1 Å². The number of carbonyl (C=O) groups excluding carboxylic acids is 1. The van der Waals surface area contributed by atoms with E-state index in [-0.39, 0.29) is 22.2 Å². The zero-order valence-corrected chi connectivity index (χ0v) is 16.3. The lowest BCUT2D eigenvalue weighted by Crippen LogP contribution is -2.45. The second-order valence-corrected chi connectivity index (χ2v) is 9.64. The van der Waals surface area contributed by atoms with Crippen molar-refractivity contribution in [2.24, 2.45) is 5.92 Å². The van der Waals surface area contributed by atoms with Gasteiger partial charge in [0.25, 0.3) is 10.0 Å². The van der Waals surface area contributed by atoms with Crippen LogP contribution in [0, 0.1) is 17.6 Å². The normalized spacial score (nSPS) is 19.6. The van der Waals surface area contributed by atoms with Crippen LogP contribution in [-0.2, 0) is 14.8 Å². The van der Waals surface area contributed by atoms with Crippen LogP contribution in [0.4, 0.5) is 8.78 Å². The Labute approximate surface area is 161 Å². The lowest BCUT2D eigenvalue weighted by Gasteiger charge is -2.31. The van der Waals surface area contributed by atoms with Crippen LogP contribution >= 0.6 is 11.3 Å². The Balaban J connectivity index is 1.68. The van der Waals surface area contributed by atoms with E-state index in [1.165, 1.54) is 10.4 Å². The second-order valence-electron chi connectivity index (χ2n) is 6.53. The number of rotatable bonds is 5. The van der Waals surface area contributed by atoms with Gasteiger partial charge in [0.2, 0.25) is 5.91 Å². The topological polar surface area (TPSA) is 66.5 Å². The molecular formula is C18H20F2N2O3S2. The summed E-state index contributed by atoms with van der Waals surface area (Å²) in [5, 5.41) is 4.41. The van der Waals surface area contributed by atoms with Gasteiger partial charge in [0.15, 0.2) is 0 Å². The van der Waals surface area contributed by atoms with Crippen molar-refractivity contribution in [3.8, 4) is 0 Å². The van der Waals surface area contributed by atoms with Crippen LogP contribution in [0.25, 0.3) is 0 Å². The van der Waals surface area contributed by atoms with E-state index in [4.69, 9.17) is 0 Å². The number of sulfonamides is 1. The monoisotopic (exact) mass is 414 g/mol. The summed E-state index contributed by atoms with van der Waals surface area (Å²) in [6.45, 7) is 2.06. The average molecular weight is 414 g/mol. The first-order valence-electron chi connectivity index (χ1n) is 8.58. The first-order chi connectivity index (χ1) is 12.8. The maximum atomic E-state index is 13.9. The van der Waals surface area contributed by atoms with Crippen molar-refractivity contribution in [1.29, 1.82) is 0 Å². The van der Waals surface area contributed by atoms with E-state index in [0.29, 0.717) is 19.4 Å². The fourth-order valence-electron chi connectivity index (χ4n) is 3.17. The highest BCUT2D eigenvalue weighted by Gasteiger charge is 2.34. The first-order valence-corrected chi connectivity index (χ1v) is 10.9. The molecule has 1 aromatic carbocycles. The number of carbonyl (C=O) groups is 1. The second kappa shape index (κ2) is 8.04. The van der Waals surface area contributed by atoms with E-state index in [1.54, 1.807) is 24.4 Å². The molecule has 2 unspecified atom stereocenters. The minimum Gasteiger partial charge on any atom is -0.349 e. The smallest absolute Gasteiger partial charge is 0.252 e. The lowest BCUT2D eigenvalue weighted by molar-refractivity contribution is -0.126. The molecule has 2 heterocycles. The van der Waals surface area contributed by atoms with Gasteiger partial charge in [-0.2, -0.15) is 4.31 Å². The van der Waals surface area contributed by atoms with Gasteiger partial charge in [-0.25, -0.2) is 17.2 Å². The molecule has 146 valence electrons. The van der Waals surface area contributed by atoms with Crippen LogP contribution in [-0.4, -0.2) is 31.7 Å². The highest BCUT2D eigenvalue weighted by molar-refractivity contribution is 7.91. The van der Waals surface area contributed by atoms with E-state index in [1.807, 2.05) is 0 Å². The minimum absolute atomic E-state index is 0.0880. The summed E-state index contributed by atoms with van der Waals surface area (Å²) in [6, 6.07) is 5.77. The number of nitrogens with one attached hydrogen (secondary N) is 1. The fourth-order valence-corrected chi connectivity index (χ4v) is 5.84. The molecule has 1 aromatic heterocycles. The molecule has 0 spiro atoms. The van der Waals surface area contributed by atoms with Gasteiger partial charge in [-0.15, -0.1) is 11.3 Å². The fraction of sp³-hybridized carbons (Fsp3) is 0.389. The third kappa shape index (κ3) is 4.36. The van der Waals surface area contributed by atoms with E-state index in [0.717, 1.165) is 23.5 Å². The zero-order valence-electron chi connectivity index (χ0n) is 14.7. The third-order valence-electron chi connectivity index (χ3n) is 4.63. The van der Waals surface area contributed by atoms with E-state index in [2.05, 4.69) is 5.32 Å². The summed E-state index contributed by atoms with van der Waals surface area (Å²) in [5.74, 6) is -2.26. The molecule has 3 rings (SSSR count). The minimum atomic E-state index is -3.61. The summed E-state index contributed by atoms with van der Waals surface area (Å²) < 4.78 is 53.8. The molecule has 0 radical (unpaired) electrons. The maximum absolute atomic E-state index is 13.9. The lowest BCUT2D eigenvalue weighted by atomic mass is 9.97. The summed E-state index contributed by atoms with van der Waals surface area (Å²) in [5.41, 5.74) is 0.184. The van der Waals surface area contributed by atoms with E-state index >= 15 is 0 Å². The molecule has 2 aromatic rings. The highest BCUT2D eigenvalue weighted by Crippen LogP contribution is 2.27. The zero-order chi connectivity index (χ0) is 19.6. The number of benzene rings is 1. The van der Waals surface area contributed by atoms with Gasteiger partial charge in [-0.05, 0) is 37.3 Å². The van der Waals surface area contributed by atoms with Gasteiger partial charge in [0.1, 0.15) is 15.8 Å². The van der Waals surface area contributed by atoms with Gasteiger partial charge in [0.05, 0.1) is 12.0 Å². The molecule has 0 saturated carbocycles. The Hall–Kier alpha value is -1.84. The maximum Gasteiger partial charge on any atom is 0.252 e. The Morgan fingerprint density at radius 1 is 1.33 bits per heavy atom. The van der Waals surface area contributed by atoms with Crippen molar-refractivity contribution in [3.63, 3.8) is 0 Å². The van der Waals surface area contributed by atoms with Gasteiger partial charge < -0.3 is 5.32 Å². The van der Waals surface area contributed by atoms with Gasteiger partial charge in [-0.3, -0.25) is 4.79 Å². The highest BCUT2D eigenvalue weighted by atomic mass is 32.2. The summed E-state index contributed by atoms with van der Waals surface area (Å²) in [6.07, 6.45) is 1.13. The molecule has 1 saturated heterocycles. The van der Waals surface area contributed by atoms with E-state index < -0.39 is 33.6 Å². The predicted molar refractivity (Wildman–Crippen MR) is 98.7 cm³/mol. The Bertz CT molecular complexity index is 917. The summed E-state index contributed by atoms with van der Waals surface area (Å²) >= 11 is 1.14. The van der Waals surface area contributed by atoms with Crippen molar-refractivity contribution in [1.82, 2.24) is 9.62 Å². The van der Waals surface area contributed by atoms with Crippen LogP contribution < -0.4 is 5.32 Å². The number of thiophene rings is 1. The van der Waals surface area contributed by atoms with Crippen molar-refractivity contribution in [2.75, 3.05) is 13.1 Å². The molecule has 2 atom stereocenters. The number of halogens is 2. The Morgan fingerprint density at radius 3 is 2.78 bits per heavy atom. The average Bonchev–Trinajstić information content (AvgIpc) is 3.17. The number of nitrogens with zero attached hydrogens (tertiary/aromatic N) is 1. The SMILES string of the molecule is CC(NC(=O)C1CCCN(S(=O)(=O)c2cccs2)C1)c1ccc(F)cc1F. The van der Waals surface area contributed by atoms with Crippen molar-refractivity contribution < 1.29 is 22.0 Å². The molecule has 1 aliphatic rings. The van der Waals surface area contributed by atoms with Crippen LogP contribution in [0.3, 0.4) is 0 Å². The van der Waals surface area contributed by atoms with Gasteiger partial charge in [0, 0.05) is 24.7 Å². The standard InChI is InChI=1S/C18H20F2N2O3S2/c1-12(15-7-6-14(19)10-16(15)20)21-18(23)13-4-2-8-22(11-13)27(24,25)17-5-3-9-26-17/h3,5-7,9-10,12-13H,2,4,8,11H2,1H3,(H,21,23). The van der Waals surface area contributed by atoms with Crippen molar-refractivity contribution in [2.45, 2.75) is 30.0 Å². The van der Waals surface area contributed by atoms with Crippen LogP contribution in [0.1, 0.15) is 31.4 Å². The summed E-state index contributed by atoms with van der Waals surface area (Å²) in [4.78, 5) is 12.6.